The Hall–Kier alpha value is -1.39. The molecule has 0 saturated carbocycles. The standard InChI is InChI=1S/C12H15ClN4/c1-12(2,7-14)11-15-10(16-17-11)8-3-5-9(13)6-4-8/h3-6H,7,14H2,1-2H3,(H,15,16,17). The van der Waals surface area contributed by atoms with E-state index in [-0.39, 0.29) is 5.41 Å². The molecule has 90 valence electrons. The zero-order valence-corrected chi connectivity index (χ0v) is 10.6. The summed E-state index contributed by atoms with van der Waals surface area (Å²) >= 11 is 5.83. The van der Waals surface area contributed by atoms with Gasteiger partial charge in [-0.3, -0.25) is 5.10 Å². The third kappa shape index (κ3) is 2.48. The molecule has 0 fully saturated rings. The van der Waals surface area contributed by atoms with E-state index in [9.17, 15) is 0 Å². The highest BCUT2D eigenvalue weighted by atomic mass is 35.5. The molecule has 2 aromatic rings. The van der Waals surface area contributed by atoms with Gasteiger partial charge in [-0.15, -0.1) is 0 Å². The Morgan fingerprint density at radius 3 is 2.53 bits per heavy atom. The monoisotopic (exact) mass is 250 g/mol. The minimum absolute atomic E-state index is 0.197. The number of nitrogens with two attached hydrogens (primary N) is 1. The van der Waals surface area contributed by atoms with E-state index in [1.165, 1.54) is 0 Å². The summed E-state index contributed by atoms with van der Waals surface area (Å²) in [6.07, 6.45) is 0. The van der Waals surface area contributed by atoms with Gasteiger partial charge >= 0.3 is 0 Å². The smallest absolute Gasteiger partial charge is 0.181 e. The van der Waals surface area contributed by atoms with Crippen molar-refractivity contribution in [3.8, 4) is 11.4 Å². The molecule has 0 aliphatic carbocycles. The molecule has 17 heavy (non-hydrogen) atoms. The van der Waals surface area contributed by atoms with Crippen LogP contribution in [-0.4, -0.2) is 21.7 Å². The van der Waals surface area contributed by atoms with Crippen LogP contribution in [0.2, 0.25) is 5.02 Å². The third-order valence-corrected chi connectivity index (χ3v) is 2.99. The van der Waals surface area contributed by atoms with Crippen molar-refractivity contribution < 1.29 is 0 Å². The summed E-state index contributed by atoms with van der Waals surface area (Å²) in [4.78, 5) is 4.46. The second-order valence-electron chi connectivity index (χ2n) is 4.60. The van der Waals surface area contributed by atoms with E-state index < -0.39 is 0 Å². The van der Waals surface area contributed by atoms with E-state index in [2.05, 4.69) is 15.2 Å². The van der Waals surface area contributed by atoms with E-state index in [0.717, 1.165) is 11.4 Å². The van der Waals surface area contributed by atoms with Crippen LogP contribution in [0.15, 0.2) is 24.3 Å². The normalized spacial score (nSPS) is 11.8. The van der Waals surface area contributed by atoms with Crippen molar-refractivity contribution in [1.29, 1.82) is 0 Å². The molecule has 1 heterocycles. The molecule has 2 rings (SSSR count). The molecule has 0 amide bonds. The lowest BCUT2D eigenvalue weighted by molar-refractivity contribution is 0.504. The second kappa shape index (κ2) is 4.47. The zero-order chi connectivity index (χ0) is 12.5. The predicted octanol–water partition coefficient (Wildman–Crippen LogP) is 2.36. The number of nitrogens with zero attached hydrogens (tertiary/aromatic N) is 2. The molecule has 5 heteroatoms. The lowest BCUT2D eigenvalue weighted by Crippen LogP contribution is -2.29. The van der Waals surface area contributed by atoms with Crippen molar-refractivity contribution in [2.45, 2.75) is 19.3 Å². The summed E-state index contributed by atoms with van der Waals surface area (Å²) < 4.78 is 0. The Balaban J connectivity index is 2.33. The summed E-state index contributed by atoms with van der Waals surface area (Å²) in [5, 5.41) is 7.83. The lowest BCUT2D eigenvalue weighted by atomic mass is 9.93. The number of hydrogen-bond donors (Lipinski definition) is 2. The highest BCUT2D eigenvalue weighted by Crippen LogP contribution is 2.22. The van der Waals surface area contributed by atoms with Crippen LogP contribution in [0.1, 0.15) is 19.7 Å². The first-order chi connectivity index (χ1) is 8.03. The maximum atomic E-state index is 5.83. The number of nitrogens with one attached hydrogen (secondary N) is 1. The first kappa shape index (κ1) is 12.1. The molecule has 4 nitrogen and oxygen atoms in total. The topological polar surface area (TPSA) is 67.6 Å². The minimum atomic E-state index is -0.197. The van der Waals surface area contributed by atoms with Crippen molar-refractivity contribution in [1.82, 2.24) is 15.2 Å². The minimum Gasteiger partial charge on any atom is -0.329 e. The van der Waals surface area contributed by atoms with Gasteiger partial charge in [0.2, 0.25) is 0 Å². The van der Waals surface area contributed by atoms with Gasteiger partial charge in [0.05, 0.1) is 0 Å². The molecule has 1 aromatic heterocycles. The van der Waals surface area contributed by atoms with Crippen LogP contribution in [0.4, 0.5) is 0 Å². The fourth-order valence-electron chi connectivity index (χ4n) is 1.39. The molecule has 1 aromatic carbocycles. The number of rotatable bonds is 3. The maximum Gasteiger partial charge on any atom is 0.181 e. The van der Waals surface area contributed by atoms with Crippen LogP contribution in [0, 0.1) is 0 Å². The van der Waals surface area contributed by atoms with Gasteiger partial charge < -0.3 is 5.73 Å². The molecule has 0 spiro atoms. The molecular formula is C12H15ClN4. The quantitative estimate of drug-likeness (QED) is 0.879. The highest BCUT2D eigenvalue weighted by Gasteiger charge is 2.23. The fraction of sp³-hybridized carbons (Fsp3) is 0.333. The van der Waals surface area contributed by atoms with Gasteiger partial charge in [0.1, 0.15) is 5.82 Å². The molecule has 0 unspecified atom stereocenters. The average molecular weight is 251 g/mol. The summed E-state index contributed by atoms with van der Waals surface area (Å²) in [6, 6.07) is 7.43. The summed E-state index contributed by atoms with van der Waals surface area (Å²) in [5.74, 6) is 1.46. The lowest BCUT2D eigenvalue weighted by Gasteiger charge is -2.17. The Bertz CT molecular complexity index is 501. The SMILES string of the molecule is CC(C)(CN)c1nc(-c2ccc(Cl)cc2)n[nH]1. The number of aromatic nitrogens is 3. The largest absolute Gasteiger partial charge is 0.329 e. The van der Waals surface area contributed by atoms with Gasteiger partial charge in [0.25, 0.3) is 0 Å². The van der Waals surface area contributed by atoms with Crippen molar-refractivity contribution in [2.75, 3.05) is 6.54 Å². The van der Waals surface area contributed by atoms with Gasteiger partial charge in [-0.25, -0.2) is 4.98 Å². The van der Waals surface area contributed by atoms with E-state index >= 15 is 0 Å². The van der Waals surface area contributed by atoms with Crippen LogP contribution >= 0.6 is 11.6 Å². The number of halogens is 1. The second-order valence-corrected chi connectivity index (χ2v) is 5.04. The van der Waals surface area contributed by atoms with Crippen LogP contribution in [0.25, 0.3) is 11.4 Å². The summed E-state index contributed by atoms with van der Waals surface area (Å²) in [6.45, 7) is 4.57. The number of H-pyrrole nitrogens is 1. The van der Waals surface area contributed by atoms with Crippen molar-refractivity contribution >= 4 is 11.6 Å². The predicted molar refractivity (Wildman–Crippen MR) is 68.9 cm³/mol. The fourth-order valence-corrected chi connectivity index (χ4v) is 1.52. The summed E-state index contributed by atoms with van der Waals surface area (Å²) in [7, 11) is 0. The molecule has 0 bridgehead atoms. The van der Waals surface area contributed by atoms with E-state index in [4.69, 9.17) is 17.3 Å². The van der Waals surface area contributed by atoms with Crippen LogP contribution < -0.4 is 5.73 Å². The Morgan fingerprint density at radius 2 is 1.94 bits per heavy atom. The Morgan fingerprint density at radius 1 is 1.29 bits per heavy atom. The van der Waals surface area contributed by atoms with Gasteiger partial charge in [-0.2, -0.15) is 5.10 Å². The molecule has 0 saturated heterocycles. The first-order valence-corrected chi connectivity index (χ1v) is 5.79. The maximum absolute atomic E-state index is 5.83. The molecular weight excluding hydrogens is 236 g/mol. The number of aromatic amines is 1. The number of benzene rings is 1. The molecule has 0 atom stereocenters. The molecule has 0 aliphatic rings. The van der Waals surface area contributed by atoms with Crippen molar-refractivity contribution in [2.24, 2.45) is 5.73 Å². The van der Waals surface area contributed by atoms with Gasteiger partial charge in [-0.1, -0.05) is 25.4 Å². The molecule has 3 N–H and O–H groups in total. The van der Waals surface area contributed by atoms with Gasteiger partial charge in [-0.05, 0) is 24.3 Å². The van der Waals surface area contributed by atoms with E-state index in [1.807, 2.05) is 38.1 Å². The third-order valence-electron chi connectivity index (χ3n) is 2.74. The van der Waals surface area contributed by atoms with Crippen molar-refractivity contribution in [3.63, 3.8) is 0 Å². The zero-order valence-electron chi connectivity index (χ0n) is 9.87. The van der Waals surface area contributed by atoms with Crippen LogP contribution in [0.5, 0.6) is 0 Å². The van der Waals surface area contributed by atoms with Crippen LogP contribution in [-0.2, 0) is 5.41 Å². The molecule has 0 radical (unpaired) electrons. The highest BCUT2D eigenvalue weighted by molar-refractivity contribution is 6.30. The van der Waals surface area contributed by atoms with Gasteiger partial charge in [0, 0.05) is 22.5 Å². The van der Waals surface area contributed by atoms with Gasteiger partial charge in [0.15, 0.2) is 5.82 Å². The first-order valence-electron chi connectivity index (χ1n) is 5.42. The number of hydrogen-bond acceptors (Lipinski definition) is 3. The van der Waals surface area contributed by atoms with Crippen molar-refractivity contribution in [3.05, 3.63) is 35.1 Å². The Labute approximate surface area is 105 Å². The van der Waals surface area contributed by atoms with E-state index in [1.54, 1.807) is 0 Å². The molecule has 0 aliphatic heterocycles. The van der Waals surface area contributed by atoms with E-state index in [0.29, 0.717) is 17.4 Å². The Kier molecular flexibility index (Phi) is 3.17. The average Bonchev–Trinajstić information content (AvgIpc) is 2.80. The summed E-state index contributed by atoms with van der Waals surface area (Å²) in [5.41, 5.74) is 6.44. The van der Waals surface area contributed by atoms with Crippen LogP contribution in [0.3, 0.4) is 0 Å².